The van der Waals surface area contributed by atoms with Crippen LogP contribution in [-0.2, 0) is 28.6 Å². The van der Waals surface area contributed by atoms with Crippen LogP contribution in [0.5, 0.6) is 0 Å². The number of rotatable bonds is 36. The number of carbonyl (C=O) groups excluding carboxylic acids is 3. The van der Waals surface area contributed by atoms with Gasteiger partial charge in [0.2, 0.25) is 0 Å². The average molecular weight is 701 g/mol. The zero-order chi connectivity index (χ0) is 36.6. The lowest BCUT2D eigenvalue weighted by Crippen LogP contribution is -2.30. The van der Waals surface area contributed by atoms with E-state index in [9.17, 15) is 14.4 Å². The molecule has 0 radical (unpaired) electrons. The fraction of sp³-hybridized carbons (Fsp3) is 0.750. The summed E-state index contributed by atoms with van der Waals surface area (Å²) in [5.41, 5.74) is 0. The first-order chi connectivity index (χ1) is 24.5. The lowest BCUT2D eigenvalue weighted by molar-refractivity contribution is -0.166. The first-order valence-corrected chi connectivity index (χ1v) is 20.6. The normalized spacial score (nSPS) is 12.5. The Kier molecular flexibility index (Phi) is 37.1. The molecule has 6 nitrogen and oxygen atoms in total. The summed E-state index contributed by atoms with van der Waals surface area (Å²) in [6, 6.07) is 0. The zero-order valence-corrected chi connectivity index (χ0v) is 32.7. The maximum atomic E-state index is 12.5. The zero-order valence-electron chi connectivity index (χ0n) is 32.7. The van der Waals surface area contributed by atoms with E-state index in [1.165, 1.54) is 83.5 Å². The molecule has 0 aliphatic carbocycles. The smallest absolute Gasteiger partial charge is 0.310 e. The Labute approximate surface area is 307 Å². The molecule has 50 heavy (non-hydrogen) atoms. The van der Waals surface area contributed by atoms with Gasteiger partial charge in [0.1, 0.15) is 13.2 Å². The molecule has 288 valence electrons. The molecule has 0 aromatic heterocycles. The van der Waals surface area contributed by atoms with Crippen molar-refractivity contribution in [2.45, 2.75) is 200 Å². The number of hydrogen-bond acceptors (Lipinski definition) is 6. The van der Waals surface area contributed by atoms with Gasteiger partial charge in [0.05, 0.1) is 6.42 Å². The van der Waals surface area contributed by atoms with Crippen molar-refractivity contribution < 1.29 is 28.6 Å². The van der Waals surface area contributed by atoms with Crippen molar-refractivity contribution in [1.29, 1.82) is 0 Å². The summed E-state index contributed by atoms with van der Waals surface area (Å²) in [6.07, 6.45) is 44.2. The Morgan fingerprint density at radius 1 is 0.440 bits per heavy atom. The summed E-state index contributed by atoms with van der Waals surface area (Å²) in [5.74, 6) is -1.06. The van der Waals surface area contributed by atoms with Gasteiger partial charge in [0.25, 0.3) is 0 Å². The Bertz CT molecular complexity index is 902. The van der Waals surface area contributed by atoms with Crippen LogP contribution in [0.3, 0.4) is 0 Å². The summed E-state index contributed by atoms with van der Waals surface area (Å²) in [5, 5.41) is 0. The molecule has 0 amide bonds. The molecule has 0 saturated heterocycles. The minimum Gasteiger partial charge on any atom is -0.462 e. The van der Waals surface area contributed by atoms with Crippen LogP contribution in [0.2, 0.25) is 0 Å². The monoisotopic (exact) mass is 701 g/mol. The van der Waals surface area contributed by atoms with Crippen LogP contribution in [0.25, 0.3) is 0 Å². The molecule has 1 atom stereocenters. The minimum absolute atomic E-state index is 0.105. The predicted molar refractivity (Wildman–Crippen MR) is 210 cm³/mol. The highest BCUT2D eigenvalue weighted by molar-refractivity contribution is 5.72. The molecule has 0 fully saturated rings. The van der Waals surface area contributed by atoms with Crippen LogP contribution < -0.4 is 0 Å². The second-order valence-corrected chi connectivity index (χ2v) is 13.5. The Hall–Kier alpha value is -2.63. The quantitative estimate of drug-likeness (QED) is 0.0280. The second-order valence-electron chi connectivity index (χ2n) is 13.5. The maximum Gasteiger partial charge on any atom is 0.310 e. The van der Waals surface area contributed by atoms with E-state index in [-0.39, 0.29) is 31.6 Å². The van der Waals surface area contributed by atoms with Crippen LogP contribution in [0, 0.1) is 0 Å². The molecular formula is C44H76O6. The minimum atomic E-state index is -0.821. The van der Waals surface area contributed by atoms with Crippen LogP contribution in [-0.4, -0.2) is 37.2 Å². The van der Waals surface area contributed by atoms with E-state index < -0.39 is 12.1 Å². The third kappa shape index (κ3) is 36.6. The van der Waals surface area contributed by atoms with Gasteiger partial charge in [0.15, 0.2) is 6.10 Å². The van der Waals surface area contributed by atoms with Crippen molar-refractivity contribution in [3.63, 3.8) is 0 Å². The van der Waals surface area contributed by atoms with Crippen molar-refractivity contribution in [2.24, 2.45) is 0 Å². The number of carbonyl (C=O) groups is 3. The molecule has 0 aromatic carbocycles. The van der Waals surface area contributed by atoms with Crippen molar-refractivity contribution in [3.05, 3.63) is 48.6 Å². The van der Waals surface area contributed by atoms with E-state index >= 15 is 0 Å². The van der Waals surface area contributed by atoms with E-state index in [4.69, 9.17) is 14.2 Å². The summed E-state index contributed by atoms with van der Waals surface area (Å²) in [7, 11) is 0. The highest BCUT2D eigenvalue weighted by atomic mass is 16.6. The number of hydrogen-bond donors (Lipinski definition) is 0. The number of esters is 3. The summed E-state index contributed by atoms with van der Waals surface area (Å²) >= 11 is 0. The largest absolute Gasteiger partial charge is 0.462 e. The van der Waals surface area contributed by atoms with Gasteiger partial charge < -0.3 is 14.2 Å². The molecule has 1 unspecified atom stereocenters. The molecule has 0 bridgehead atoms. The van der Waals surface area contributed by atoms with Crippen molar-refractivity contribution in [2.75, 3.05) is 13.2 Å². The van der Waals surface area contributed by atoms with Crippen LogP contribution in [0.15, 0.2) is 48.6 Å². The fourth-order valence-electron chi connectivity index (χ4n) is 5.50. The lowest BCUT2D eigenvalue weighted by atomic mass is 10.1. The van der Waals surface area contributed by atoms with Crippen molar-refractivity contribution in [3.8, 4) is 0 Å². The van der Waals surface area contributed by atoms with Gasteiger partial charge in [-0.25, -0.2) is 0 Å². The predicted octanol–water partition coefficient (Wildman–Crippen LogP) is 12.8. The molecular weight excluding hydrogens is 624 g/mol. The number of ether oxygens (including phenoxy) is 3. The topological polar surface area (TPSA) is 78.9 Å². The molecule has 6 heteroatoms. The van der Waals surface area contributed by atoms with Crippen molar-refractivity contribution >= 4 is 17.9 Å². The van der Waals surface area contributed by atoms with Crippen molar-refractivity contribution in [1.82, 2.24) is 0 Å². The third-order valence-electron chi connectivity index (χ3n) is 8.60. The van der Waals surface area contributed by atoms with Gasteiger partial charge in [-0.05, 0) is 57.8 Å². The van der Waals surface area contributed by atoms with E-state index in [0.717, 1.165) is 70.6 Å². The SMILES string of the molecule is CC/C=C\C/C=C\C/C=C\CC(=O)OC(COC(=O)CCCCC/C=C\CCCCCCCCC)COC(=O)CCCCCCCCCCC. The first-order valence-electron chi connectivity index (χ1n) is 20.6. The first kappa shape index (κ1) is 47.4. The fourth-order valence-corrected chi connectivity index (χ4v) is 5.50. The van der Waals surface area contributed by atoms with Gasteiger partial charge in [-0.1, -0.05) is 166 Å². The number of allylic oxidation sites excluding steroid dienone is 7. The van der Waals surface area contributed by atoms with Gasteiger partial charge in [-0.2, -0.15) is 0 Å². The standard InChI is InChI=1S/C44H76O6/c1-4-7-10-13-16-19-20-21-22-23-26-28-31-34-37-43(46)49-40-41(50-44(47)38-35-32-29-25-18-15-12-9-6-3)39-48-42(45)36-33-30-27-24-17-14-11-8-5-2/h9,12,18,22-23,25,32,35,41H,4-8,10-11,13-17,19-21,24,26-31,33-34,36-40H2,1-3H3/b12-9-,23-22-,25-18-,35-32-. The van der Waals surface area contributed by atoms with Gasteiger partial charge in [-0.3, -0.25) is 14.4 Å². The molecule has 0 rings (SSSR count). The van der Waals surface area contributed by atoms with Gasteiger partial charge >= 0.3 is 17.9 Å². The highest BCUT2D eigenvalue weighted by Gasteiger charge is 2.19. The molecule has 0 aliphatic rings. The van der Waals surface area contributed by atoms with Gasteiger partial charge in [-0.15, -0.1) is 0 Å². The van der Waals surface area contributed by atoms with Crippen LogP contribution in [0.4, 0.5) is 0 Å². The molecule has 0 N–H and O–H groups in total. The van der Waals surface area contributed by atoms with Crippen LogP contribution in [0.1, 0.15) is 194 Å². The molecule has 0 aromatic rings. The lowest BCUT2D eigenvalue weighted by Gasteiger charge is -2.18. The summed E-state index contributed by atoms with van der Waals surface area (Å²) < 4.78 is 16.5. The number of unbranched alkanes of at least 4 members (excludes halogenated alkanes) is 18. The molecule has 0 spiro atoms. The molecule has 0 aliphatic heterocycles. The van der Waals surface area contributed by atoms with E-state index in [0.29, 0.717) is 12.8 Å². The summed E-state index contributed by atoms with van der Waals surface area (Å²) in [6.45, 7) is 6.36. The Morgan fingerprint density at radius 2 is 0.840 bits per heavy atom. The summed E-state index contributed by atoms with van der Waals surface area (Å²) in [4.78, 5) is 37.4. The molecule has 0 saturated carbocycles. The highest BCUT2D eigenvalue weighted by Crippen LogP contribution is 2.12. The van der Waals surface area contributed by atoms with E-state index in [2.05, 4.69) is 57.2 Å². The average Bonchev–Trinajstić information content (AvgIpc) is 3.11. The Morgan fingerprint density at radius 3 is 1.32 bits per heavy atom. The third-order valence-corrected chi connectivity index (χ3v) is 8.60. The Balaban J connectivity index is 4.43. The second kappa shape index (κ2) is 39.2. The van der Waals surface area contributed by atoms with E-state index in [1.54, 1.807) is 6.08 Å². The maximum absolute atomic E-state index is 12.5. The van der Waals surface area contributed by atoms with E-state index in [1.807, 2.05) is 6.08 Å². The molecule has 0 heterocycles. The van der Waals surface area contributed by atoms with Gasteiger partial charge in [0, 0.05) is 12.8 Å². The van der Waals surface area contributed by atoms with Crippen LogP contribution >= 0.6 is 0 Å².